The average molecular weight is 485 g/mol. The molecule has 0 N–H and O–H groups in total. The van der Waals surface area contributed by atoms with Gasteiger partial charge in [0.2, 0.25) is 0 Å². The van der Waals surface area contributed by atoms with E-state index < -0.39 is 7.14 Å². The zero-order chi connectivity index (χ0) is 24.9. The van der Waals surface area contributed by atoms with Gasteiger partial charge in [-0.25, -0.2) is 0 Å². The SMILES string of the molecule is Cc1cc(C)c(-c2ccccc2P(=O)(c2ccccc2)c2cccc3c2Cc2ccccc2-3)c(C)c1. The Morgan fingerprint density at radius 3 is 1.92 bits per heavy atom. The molecule has 176 valence electrons. The Morgan fingerprint density at radius 2 is 1.17 bits per heavy atom. The van der Waals surface area contributed by atoms with Gasteiger partial charge in [-0.3, -0.25) is 0 Å². The summed E-state index contributed by atoms with van der Waals surface area (Å²) in [4.78, 5) is 0. The monoisotopic (exact) mass is 484 g/mol. The Bertz CT molecular complexity index is 1640. The Labute approximate surface area is 213 Å². The van der Waals surface area contributed by atoms with Gasteiger partial charge in [-0.05, 0) is 71.7 Å². The molecule has 1 aliphatic carbocycles. The topological polar surface area (TPSA) is 17.1 Å². The number of hydrogen-bond donors (Lipinski definition) is 0. The Morgan fingerprint density at radius 1 is 0.583 bits per heavy atom. The third-order valence-corrected chi connectivity index (χ3v) is 10.7. The highest BCUT2D eigenvalue weighted by molar-refractivity contribution is 7.85. The molecule has 0 aliphatic heterocycles. The van der Waals surface area contributed by atoms with E-state index in [1.54, 1.807) is 0 Å². The van der Waals surface area contributed by atoms with Crippen LogP contribution in [0.3, 0.4) is 0 Å². The van der Waals surface area contributed by atoms with Gasteiger partial charge in [0.15, 0.2) is 7.14 Å². The molecule has 0 saturated carbocycles. The van der Waals surface area contributed by atoms with Crippen LogP contribution in [0.25, 0.3) is 22.3 Å². The molecule has 1 atom stereocenters. The highest BCUT2D eigenvalue weighted by Crippen LogP contribution is 2.49. The van der Waals surface area contributed by atoms with E-state index in [0.717, 1.165) is 27.9 Å². The van der Waals surface area contributed by atoms with E-state index >= 15 is 4.57 Å². The molecule has 5 aromatic carbocycles. The first-order valence-electron chi connectivity index (χ1n) is 12.5. The molecule has 0 spiro atoms. The molecule has 0 fully saturated rings. The van der Waals surface area contributed by atoms with Crippen LogP contribution in [0.2, 0.25) is 0 Å². The van der Waals surface area contributed by atoms with Crippen LogP contribution < -0.4 is 15.9 Å². The second-order valence-electron chi connectivity index (χ2n) is 9.87. The normalized spacial score (nSPS) is 13.6. The molecule has 6 rings (SSSR count). The molecule has 1 nitrogen and oxygen atoms in total. The standard InChI is InChI=1S/C34H29OP/c1-23-20-24(2)34(25(3)21-23)30-16-9-10-18-32(30)36(35,27-13-5-4-6-14-27)33-19-11-17-29-28-15-8-7-12-26(28)22-31(29)33/h4-21H,22H2,1-3H3. The van der Waals surface area contributed by atoms with Crippen LogP contribution >= 0.6 is 7.14 Å². The molecule has 1 unspecified atom stereocenters. The van der Waals surface area contributed by atoms with E-state index in [9.17, 15) is 0 Å². The fraction of sp³-hybridized carbons (Fsp3) is 0.118. The predicted octanol–water partition coefficient (Wildman–Crippen LogP) is 7.49. The van der Waals surface area contributed by atoms with Gasteiger partial charge in [-0.2, -0.15) is 0 Å². The predicted molar refractivity (Wildman–Crippen MR) is 154 cm³/mol. The van der Waals surface area contributed by atoms with E-state index in [-0.39, 0.29) is 0 Å². The number of benzene rings is 5. The average Bonchev–Trinajstić information content (AvgIpc) is 3.27. The third kappa shape index (κ3) is 3.50. The van der Waals surface area contributed by atoms with Crippen LogP contribution in [0.5, 0.6) is 0 Å². The van der Waals surface area contributed by atoms with E-state index in [2.05, 4.69) is 93.6 Å². The van der Waals surface area contributed by atoms with Gasteiger partial charge in [0.05, 0.1) is 0 Å². The first kappa shape index (κ1) is 22.8. The number of aryl methyl sites for hydroxylation is 3. The molecular weight excluding hydrogens is 455 g/mol. The van der Waals surface area contributed by atoms with Crippen LogP contribution in [0.15, 0.2) is 109 Å². The molecule has 2 heteroatoms. The van der Waals surface area contributed by atoms with Crippen molar-refractivity contribution in [3.63, 3.8) is 0 Å². The van der Waals surface area contributed by atoms with Gasteiger partial charge in [0, 0.05) is 15.9 Å². The van der Waals surface area contributed by atoms with E-state index in [4.69, 9.17) is 0 Å². The summed E-state index contributed by atoms with van der Waals surface area (Å²) in [6, 6.07) is 37.8. The maximum absolute atomic E-state index is 15.8. The summed E-state index contributed by atoms with van der Waals surface area (Å²) in [5, 5.41) is 2.75. The minimum atomic E-state index is -3.20. The summed E-state index contributed by atoms with van der Waals surface area (Å²) in [6.45, 7) is 6.46. The minimum absolute atomic E-state index is 0.809. The minimum Gasteiger partial charge on any atom is -0.309 e. The van der Waals surface area contributed by atoms with E-state index in [1.807, 2.05) is 36.4 Å². The van der Waals surface area contributed by atoms with Crippen LogP contribution in [-0.4, -0.2) is 0 Å². The zero-order valence-corrected chi connectivity index (χ0v) is 21.8. The van der Waals surface area contributed by atoms with Gasteiger partial charge in [0.25, 0.3) is 0 Å². The highest BCUT2D eigenvalue weighted by atomic mass is 31.2. The van der Waals surface area contributed by atoms with Crippen LogP contribution in [0, 0.1) is 20.8 Å². The van der Waals surface area contributed by atoms with Crippen LogP contribution in [0.4, 0.5) is 0 Å². The van der Waals surface area contributed by atoms with Crippen molar-refractivity contribution in [3.8, 4) is 22.3 Å². The van der Waals surface area contributed by atoms with Gasteiger partial charge in [0.1, 0.15) is 0 Å². The number of hydrogen-bond acceptors (Lipinski definition) is 1. The van der Waals surface area contributed by atoms with Gasteiger partial charge in [-0.15, -0.1) is 0 Å². The summed E-state index contributed by atoms with van der Waals surface area (Å²) < 4.78 is 15.8. The maximum atomic E-state index is 15.8. The lowest BCUT2D eigenvalue weighted by molar-refractivity contribution is 0.592. The second kappa shape index (κ2) is 8.77. The fourth-order valence-corrected chi connectivity index (χ4v) is 9.15. The molecule has 0 heterocycles. The lowest BCUT2D eigenvalue weighted by Crippen LogP contribution is -2.28. The van der Waals surface area contributed by atoms with Crippen molar-refractivity contribution in [2.45, 2.75) is 27.2 Å². The van der Waals surface area contributed by atoms with Crippen molar-refractivity contribution in [1.29, 1.82) is 0 Å². The molecule has 0 bridgehead atoms. The molecule has 0 amide bonds. The van der Waals surface area contributed by atoms with Gasteiger partial charge < -0.3 is 4.57 Å². The molecule has 0 radical (unpaired) electrons. The van der Waals surface area contributed by atoms with E-state index in [0.29, 0.717) is 0 Å². The van der Waals surface area contributed by atoms with Crippen molar-refractivity contribution in [3.05, 3.63) is 137 Å². The first-order chi connectivity index (χ1) is 17.5. The molecule has 1 aliphatic rings. The molecule has 0 aromatic heterocycles. The molecule has 36 heavy (non-hydrogen) atoms. The van der Waals surface area contributed by atoms with Crippen LogP contribution in [-0.2, 0) is 11.0 Å². The van der Waals surface area contributed by atoms with Crippen molar-refractivity contribution in [2.75, 3.05) is 0 Å². The molecule has 5 aromatic rings. The third-order valence-electron chi connectivity index (χ3n) is 7.47. The largest absolute Gasteiger partial charge is 0.309 e. The van der Waals surface area contributed by atoms with Crippen molar-refractivity contribution < 1.29 is 4.57 Å². The fourth-order valence-electron chi connectivity index (χ4n) is 6.05. The summed E-state index contributed by atoms with van der Waals surface area (Å²) in [5.41, 5.74) is 10.9. The lowest BCUT2D eigenvalue weighted by atomic mass is 9.94. The van der Waals surface area contributed by atoms with Gasteiger partial charge in [-0.1, -0.05) is 115 Å². The quantitative estimate of drug-likeness (QED) is 0.237. The van der Waals surface area contributed by atoms with Crippen LogP contribution in [0.1, 0.15) is 27.8 Å². The smallest absolute Gasteiger partial charge is 0.171 e. The summed E-state index contributed by atoms with van der Waals surface area (Å²) >= 11 is 0. The molecule has 0 saturated heterocycles. The Hall–Kier alpha value is -3.67. The van der Waals surface area contributed by atoms with Crippen molar-refractivity contribution in [1.82, 2.24) is 0 Å². The number of rotatable bonds is 4. The zero-order valence-electron chi connectivity index (χ0n) is 21.0. The summed E-state index contributed by atoms with van der Waals surface area (Å²) in [5.74, 6) is 0. The van der Waals surface area contributed by atoms with Crippen molar-refractivity contribution >= 4 is 23.1 Å². The summed E-state index contributed by atoms with van der Waals surface area (Å²) in [7, 11) is -3.20. The van der Waals surface area contributed by atoms with E-state index in [1.165, 1.54) is 44.5 Å². The molecular formula is C34H29OP. The lowest BCUT2D eigenvalue weighted by Gasteiger charge is -2.26. The van der Waals surface area contributed by atoms with Crippen molar-refractivity contribution in [2.24, 2.45) is 0 Å². The van der Waals surface area contributed by atoms with Gasteiger partial charge >= 0.3 is 0 Å². The Balaban J connectivity index is 1.68. The summed E-state index contributed by atoms with van der Waals surface area (Å²) in [6.07, 6.45) is 0.809. The number of fused-ring (bicyclic) bond motifs is 3. The second-order valence-corrected chi connectivity index (χ2v) is 12.6. The highest BCUT2D eigenvalue weighted by Gasteiger charge is 2.36. The first-order valence-corrected chi connectivity index (χ1v) is 14.2. The maximum Gasteiger partial charge on any atom is 0.171 e. The Kier molecular flexibility index (Phi) is 5.55.